The molecular weight excluding hydrogens is 262 g/mol. The molecule has 2 N–H and O–H groups in total. The van der Waals surface area contributed by atoms with Crippen molar-refractivity contribution < 1.29 is 14.7 Å². The zero-order valence-electron chi connectivity index (χ0n) is 10.8. The maximum absolute atomic E-state index is 11.8. The van der Waals surface area contributed by atoms with Crippen molar-refractivity contribution >= 4 is 11.9 Å². The maximum Gasteiger partial charge on any atom is 0.325 e. The van der Waals surface area contributed by atoms with Gasteiger partial charge in [0.1, 0.15) is 6.54 Å². The molecule has 1 amide bonds. The zero-order valence-corrected chi connectivity index (χ0v) is 10.8. The summed E-state index contributed by atoms with van der Waals surface area (Å²) in [4.78, 5) is 26.5. The van der Waals surface area contributed by atoms with Crippen molar-refractivity contribution in [2.24, 2.45) is 0 Å². The first-order valence-corrected chi connectivity index (χ1v) is 5.87. The third-order valence-electron chi connectivity index (χ3n) is 2.60. The van der Waals surface area contributed by atoms with Gasteiger partial charge in [-0.3, -0.25) is 14.6 Å². The minimum Gasteiger partial charge on any atom is -0.480 e. The molecule has 0 aromatic carbocycles. The van der Waals surface area contributed by atoms with Crippen LogP contribution in [0.3, 0.4) is 0 Å². The van der Waals surface area contributed by atoms with Gasteiger partial charge < -0.3 is 10.4 Å². The van der Waals surface area contributed by atoms with Crippen LogP contribution >= 0.6 is 0 Å². The number of nitrogens with one attached hydrogen (secondary N) is 1. The fraction of sp³-hybridized carbons (Fsp3) is 0.250. The van der Waals surface area contributed by atoms with E-state index in [1.807, 2.05) is 19.1 Å². The predicted molar refractivity (Wildman–Crippen MR) is 67.8 cm³/mol. The molecule has 104 valence electrons. The lowest BCUT2D eigenvalue weighted by atomic mass is 10.2. The Morgan fingerprint density at radius 2 is 2.25 bits per heavy atom. The molecule has 2 heterocycles. The molecule has 2 aromatic heterocycles. The predicted octanol–water partition coefficient (Wildman–Crippen LogP) is -0.00388. The van der Waals surface area contributed by atoms with E-state index < -0.39 is 11.9 Å². The fourth-order valence-corrected chi connectivity index (χ4v) is 1.58. The number of carbonyl (C=O) groups is 2. The lowest BCUT2D eigenvalue weighted by Crippen LogP contribution is -2.24. The van der Waals surface area contributed by atoms with E-state index in [4.69, 9.17) is 5.11 Å². The van der Waals surface area contributed by atoms with Gasteiger partial charge in [-0.25, -0.2) is 4.68 Å². The first kappa shape index (κ1) is 13.7. The van der Waals surface area contributed by atoms with Crippen molar-refractivity contribution in [1.82, 2.24) is 25.3 Å². The van der Waals surface area contributed by atoms with Crippen LogP contribution in [0.4, 0.5) is 0 Å². The van der Waals surface area contributed by atoms with Gasteiger partial charge in [-0.2, -0.15) is 0 Å². The lowest BCUT2D eigenvalue weighted by molar-refractivity contribution is -0.137. The van der Waals surface area contributed by atoms with Crippen molar-refractivity contribution in [3.8, 4) is 0 Å². The molecule has 8 heteroatoms. The topological polar surface area (TPSA) is 110 Å². The van der Waals surface area contributed by atoms with Crippen molar-refractivity contribution in [2.45, 2.75) is 20.0 Å². The lowest BCUT2D eigenvalue weighted by Gasteiger charge is -2.04. The minimum absolute atomic E-state index is 0.0693. The molecule has 8 nitrogen and oxygen atoms in total. The second-order valence-electron chi connectivity index (χ2n) is 4.14. The summed E-state index contributed by atoms with van der Waals surface area (Å²) in [7, 11) is 0. The number of nitrogens with zero attached hydrogens (tertiary/aromatic N) is 4. The molecule has 0 bridgehead atoms. The smallest absolute Gasteiger partial charge is 0.325 e. The minimum atomic E-state index is -1.05. The van der Waals surface area contributed by atoms with Gasteiger partial charge in [-0.15, -0.1) is 5.10 Å². The molecule has 2 aromatic rings. The van der Waals surface area contributed by atoms with Crippen LogP contribution in [0.5, 0.6) is 0 Å². The number of aryl methyl sites for hydroxylation is 1. The number of rotatable bonds is 5. The van der Waals surface area contributed by atoms with Crippen molar-refractivity contribution in [3.05, 3.63) is 41.5 Å². The van der Waals surface area contributed by atoms with Gasteiger partial charge in [0.2, 0.25) is 0 Å². The van der Waals surface area contributed by atoms with Gasteiger partial charge in [-0.1, -0.05) is 11.3 Å². The van der Waals surface area contributed by atoms with Crippen LogP contribution in [0.1, 0.15) is 21.7 Å². The summed E-state index contributed by atoms with van der Waals surface area (Å²) >= 11 is 0. The van der Waals surface area contributed by atoms with Crippen LogP contribution in [0.15, 0.2) is 24.5 Å². The number of pyridine rings is 1. The second kappa shape index (κ2) is 5.91. The van der Waals surface area contributed by atoms with Gasteiger partial charge in [0.05, 0.1) is 18.4 Å². The molecule has 0 aliphatic carbocycles. The molecule has 20 heavy (non-hydrogen) atoms. The molecule has 0 saturated carbocycles. The van der Waals surface area contributed by atoms with Gasteiger partial charge in [0.25, 0.3) is 5.91 Å². The van der Waals surface area contributed by atoms with Gasteiger partial charge in [-0.05, 0) is 18.6 Å². The number of aliphatic carboxylic acids is 1. The second-order valence-corrected chi connectivity index (χ2v) is 4.14. The maximum atomic E-state index is 11.8. The monoisotopic (exact) mass is 275 g/mol. The molecular formula is C12H13N5O3. The zero-order chi connectivity index (χ0) is 14.5. The molecule has 0 spiro atoms. The third-order valence-corrected chi connectivity index (χ3v) is 2.60. The van der Waals surface area contributed by atoms with E-state index in [1.54, 1.807) is 6.20 Å². The van der Waals surface area contributed by atoms with Crippen LogP contribution in [-0.4, -0.2) is 37.0 Å². The van der Waals surface area contributed by atoms with Crippen molar-refractivity contribution in [2.75, 3.05) is 0 Å². The van der Waals surface area contributed by atoms with Gasteiger partial charge >= 0.3 is 5.97 Å². The molecule has 0 saturated heterocycles. The van der Waals surface area contributed by atoms with E-state index in [2.05, 4.69) is 20.6 Å². The number of hydrogen-bond acceptors (Lipinski definition) is 5. The summed E-state index contributed by atoms with van der Waals surface area (Å²) in [5.41, 5.74) is 1.81. The summed E-state index contributed by atoms with van der Waals surface area (Å²) in [6, 6.07) is 3.72. The highest BCUT2D eigenvalue weighted by Crippen LogP contribution is 2.03. The first-order chi connectivity index (χ1) is 9.56. The Morgan fingerprint density at radius 3 is 2.95 bits per heavy atom. The van der Waals surface area contributed by atoms with Crippen LogP contribution in [0.25, 0.3) is 0 Å². The van der Waals surface area contributed by atoms with E-state index in [9.17, 15) is 9.59 Å². The Morgan fingerprint density at radius 1 is 1.45 bits per heavy atom. The average Bonchev–Trinajstić information content (AvgIpc) is 2.85. The van der Waals surface area contributed by atoms with Crippen LogP contribution in [0, 0.1) is 6.92 Å². The highest BCUT2D eigenvalue weighted by molar-refractivity contribution is 5.91. The highest BCUT2D eigenvalue weighted by Gasteiger charge is 2.12. The van der Waals surface area contributed by atoms with E-state index >= 15 is 0 Å². The Labute approximate surface area is 114 Å². The summed E-state index contributed by atoms with van der Waals surface area (Å²) in [5.74, 6) is -1.47. The van der Waals surface area contributed by atoms with E-state index in [0.717, 1.165) is 15.9 Å². The summed E-state index contributed by atoms with van der Waals surface area (Å²) < 4.78 is 1.09. The molecule has 0 atom stereocenters. The van der Waals surface area contributed by atoms with Crippen molar-refractivity contribution in [3.63, 3.8) is 0 Å². The number of carboxylic acid groups (broad SMARTS) is 1. The average molecular weight is 275 g/mol. The molecule has 2 rings (SSSR count). The highest BCUT2D eigenvalue weighted by atomic mass is 16.4. The number of carbonyl (C=O) groups excluding carboxylic acids is 1. The molecule has 0 radical (unpaired) electrons. The molecule has 0 unspecified atom stereocenters. The first-order valence-electron chi connectivity index (χ1n) is 5.87. The summed E-state index contributed by atoms with van der Waals surface area (Å²) in [5, 5.41) is 18.4. The molecule has 0 aliphatic rings. The number of hydrogen-bond donors (Lipinski definition) is 2. The van der Waals surface area contributed by atoms with Gasteiger partial charge in [0.15, 0.2) is 5.69 Å². The number of aromatic nitrogens is 4. The summed E-state index contributed by atoms with van der Waals surface area (Å²) in [6.07, 6.45) is 2.94. The van der Waals surface area contributed by atoms with Crippen molar-refractivity contribution in [1.29, 1.82) is 0 Å². The van der Waals surface area contributed by atoms with Gasteiger partial charge in [0, 0.05) is 6.20 Å². The van der Waals surface area contributed by atoms with E-state index in [-0.39, 0.29) is 18.8 Å². The van der Waals surface area contributed by atoms with E-state index in [0.29, 0.717) is 0 Å². The standard InChI is InChI=1S/C12H13N5O3/c1-8-3-2-4-13-9(8)5-14-12(20)10-6-17(16-15-10)7-11(18)19/h2-4,6H,5,7H2,1H3,(H,14,20)(H,18,19). The molecule has 0 aliphatic heterocycles. The number of amides is 1. The number of carboxylic acids is 1. The normalized spacial score (nSPS) is 10.2. The third kappa shape index (κ3) is 3.37. The Hall–Kier alpha value is -2.77. The Balaban J connectivity index is 1.97. The Bertz CT molecular complexity index is 638. The van der Waals surface area contributed by atoms with E-state index in [1.165, 1.54) is 6.20 Å². The quantitative estimate of drug-likeness (QED) is 0.794. The van der Waals surface area contributed by atoms with Crippen LogP contribution in [0.2, 0.25) is 0 Å². The summed E-state index contributed by atoms with van der Waals surface area (Å²) in [6.45, 7) is 1.84. The molecule has 0 fully saturated rings. The largest absolute Gasteiger partial charge is 0.480 e. The van der Waals surface area contributed by atoms with Crippen LogP contribution < -0.4 is 5.32 Å². The van der Waals surface area contributed by atoms with Crippen LogP contribution in [-0.2, 0) is 17.9 Å². The fourth-order valence-electron chi connectivity index (χ4n) is 1.58. The SMILES string of the molecule is Cc1cccnc1CNC(=O)c1cn(CC(=O)O)nn1. The Kier molecular flexibility index (Phi) is 4.04.